The summed E-state index contributed by atoms with van der Waals surface area (Å²) in [6.07, 6.45) is -3.67. The summed E-state index contributed by atoms with van der Waals surface area (Å²) >= 11 is 0. The standard InChI is InChI=1S/C28H26F3N3O2/c1-18(2)34(14-15-35)17-20-8-10-21(11-9-20)26-32-27(36-33-26)22-12-13-24(25(16-22)28(29,30)31)23-7-5-4-6-19(23)3/h4-13,15-16,18H,14,17H2,1-3H3. The smallest absolute Gasteiger partial charge is 0.334 e. The van der Waals surface area contributed by atoms with E-state index in [1.165, 1.54) is 6.07 Å². The summed E-state index contributed by atoms with van der Waals surface area (Å²) in [5.74, 6) is 0.287. The number of nitrogens with zero attached hydrogens (tertiary/aromatic N) is 3. The van der Waals surface area contributed by atoms with Crippen molar-refractivity contribution in [1.82, 2.24) is 15.0 Å². The van der Waals surface area contributed by atoms with Gasteiger partial charge in [-0.2, -0.15) is 18.2 Å². The number of alkyl halides is 3. The average molecular weight is 494 g/mol. The fraction of sp³-hybridized carbons (Fsp3) is 0.250. The number of halogens is 3. The SMILES string of the molecule is Cc1ccccc1-c1ccc(-c2nc(-c3ccc(CN(CC=O)C(C)C)cc3)no2)cc1C(F)(F)F. The fourth-order valence-electron chi connectivity index (χ4n) is 4.03. The second-order valence-corrected chi connectivity index (χ2v) is 8.88. The van der Waals surface area contributed by atoms with Crippen molar-refractivity contribution in [2.45, 2.75) is 39.5 Å². The molecule has 0 amide bonds. The fourth-order valence-corrected chi connectivity index (χ4v) is 4.03. The third kappa shape index (κ3) is 5.54. The molecule has 1 aromatic heterocycles. The van der Waals surface area contributed by atoms with Crippen LogP contribution < -0.4 is 0 Å². The van der Waals surface area contributed by atoms with Crippen molar-refractivity contribution in [2.24, 2.45) is 0 Å². The molecule has 186 valence electrons. The van der Waals surface area contributed by atoms with Gasteiger partial charge in [0.05, 0.1) is 12.1 Å². The number of aryl methyl sites for hydroxylation is 1. The quantitative estimate of drug-likeness (QED) is 0.253. The lowest BCUT2D eigenvalue weighted by atomic mass is 9.94. The Hall–Kier alpha value is -3.78. The highest BCUT2D eigenvalue weighted by atomic mass is 19.4. The molecule has 0 aliphatic rings. The maximum atomic E-state index is 14.0. The van der Waals surface area contributed by atoms with Crippen molar-refractivity contribution in [3.05, 3.63) is 83.4 Å². The Labute approximate surface area is 207 Å². The number of carbonyl (C=O) groups is 1. The molecule has 0 fully saturated rings. The zero-order chi connectivity index (χ0) is 25.9. The molecule has 8 heteroatoms. The summed E-state index contributed by atoms with van der Waals surface area (Å²) in [5.41, 5.74) is 2.49. The van der Waals surface area contributed by atoms with Crippen LogP contribution in [-0.4, -0.2) is 33.9 Å². The van der Waals surface area contributed by atoms with E-state index in [0.717, 1.165) is 23.5 Å². The van der Waals surface area contributed by atoms with Gasteiger partial charge in [-0.25, -0.2) is 0 Å². The average Bonchev–Trinajstić information content (AvgIpc) is 3.34. The molecule has 0 atom stereocenters. The topological polar surface area (TPSA) is 59.2 Å². The van der Waals surface area contributed by atoms with Crippen LogP contribution in [0.4, 0.5) is 13.2 Å². The Morgan fingerprint density at radius 1 is 0.972 bits per heavy atom. The van der Waals surface area contributed by atoms with E-state index in [0.29, 0.717) is 24.2 Å². The van der Waals surface area contributed by atoms with E-state index in [-0.39, 0.29) is 28.9 Å². The summed E-state index contributed by atoms with van der Waals surface area (Å²) in [7, 11) is 0. The van der Waals surface area contributed by atoms with E-state index in [1.54, 1.807) is 37.3 Å². The van der Waals surface area contributed by atoms with E-state index in [9.17, 15) is 18.0 Å². The van der Waals surface area contributed by atoms with Crippen molar-refractivity contribution >= 4 is 6.29 Å². The van der Waals surface area contributed by atoms with Gasteiger partial charge < -0.3 is 9.32 Å². The minimum absolute atomic E-state index is 0.00729. The lowest BCUT2D eigenvalue weighted by molar-refractivity contribution is -0.137. The van der Waals surface area contributed by atoms with Gasteiger partial charge in [0.15, 0.2) is 0 Å². The van der Waals surface area contributed by atoms with Crippen molar-refractivity contribution in [2.75, 3.05) is 6.54 Å². The van der Waals surface area contributed by atoms with Gasteiger partial charge in [0.25, 0.3) is 5.89 Å². The van der Waals surface area contributed by atoms with Gasteiger partial charge in [-0.15, -0.1) is 0 Å². The molecule has 3 aromatic carbocycles. The molecule has 0 radical (unpaired) electrons. The Morgan fingerprint density at radius 2 is 1.67 bits per heavy atom. The van der Waals surface area contributed by atoms with Gasteiger partial charge in [0.1, 0.15) is 6.29 Å². The predicted molar refractivity (Wildman–Crippen MR) is 132 cm³/mol. The summed E-state index contributed by atoms with van der Waals surface area (Å²) < 4.78 is 47.2. The van der Waals surface area contributed by atoms with E-state index >= 15 is 0 Å². The first kappa shape index (κ1) is 25.3. The van der Waals surface area contributed by atoms with Crippen LogP contribution in [-0.2, 0) is 17.5 Å². The van der Waals surface area contributed by atoms with Crippen molar-refractivity contribution in [3.8, 4) is 34.0 Å². The highest BCUT2D eigenvalue weighted by molar-refractivity contribution is 5.74. The molecule has 0 spiro atoms. The number of rotatable bonds is 8. The van der Waals surface area contributed by atoms with Gasteiger partial charge in [0.2, 0.25) is 5.82 Å². The molecule has 0 unspecified atom stereocenters. The maximum absolute atomic E-state index is 14.0. The second kappa shape index (κ2) is 10.5. The minimum atomic E-state index is -4.56. The summed E-state index contributed by atoms with van der Waals surface area (Å²) in [6.45, 7) is 6.78. The van der Waals surface area contributed by atoms with Crippen molar-refractivity contribution in [1.29, 1.82) is 0 Å². The number of hydrogen-bond donors (Lipinski definition) is 0. The lowest BCUT2D eigenvalue weighted by Gasteiger charge is -2.24. The molecule has 36 heavy (non-hydrogen) atoms. The monoisotopic (exact) mass is 493 g/mol. The molecule has 0 saturated carbocycles. The Bertz CT molecular complexity index is 1340. The lowest BCUT2D eigenvalue weighted by Crippen LogP contribution is -2.31. The first-order valence-electron chi connectivity index (χ1n) is 11.6. The number of aromatic nitrogens is 2. The predicted octanol–water partition coefficient (Wildman–Crippen LogP) is 6.81. The van der Waals surface area contributed by atoms with Gasteiger partial charge in [-0.1, -0.05) is 59.8 Å². The highest BCUT2D eigenvalue weighted by Crippen LogP contribution is 2.40. The summed E-state index contributed by atoms with van der Waals surface area (Å²) in [5, 5.41) is 3.97. The van der Waals surface area contributed by atoms with Crippen molar-refractivity contribution < 1.29 is 22.5 Å². The third-order valence-electron chi connectivity index (χ3n) is 6.07. The molecule has 4 aromatic rings. The minimum Gasteiger partial charge on any atom is -0.334 e. The summed E-state index contributed by atoms with van der Waals surface area (Å²) in [4.78, 5) is 17.3. The number of hydrogen-bond acceptors (Lipinski definition) is 5. The highest BCUT2D eigenvalue weighted by Gasteiger charge is 2.34. The van der Waals surface area contributed by atoms with Crippen LogP contribution in [0.2, 0.25) is 0 Å². The van der Waals surface area contributed by atoms with Gasteiger partial charge in [-0.05, 0) is 55.2 Å². The van der Waals surface area contributed by atoms with Crippen LogP contribution >= 0.6 is 0 Å². The van der Waals surface area contributed by atoms with Crippen LogP contribution in [0.5, 0.6) is 0 Å². The number of carbonyl (C=O) groups excluding carboxylic acids is 1. The molecule has 5 nitrogen and oxygen atoms in total. The van der Waals surface area contributed by atoms with Crippen LogP contribution in [0.3, 0.4) is 0 Å². The van der Waals surface area contributed by atoms with E-state index in [2.05, 4.69) is 10.1 Å². The molecule has 1 heterocycles. The molecule has 0 N–H and O–H groups in total. The molecule has 0 saturated heterocycles. The molecule has 0 aliphatic heterocycles. The first-order chi connectivity index (χ1) is 17.2. The Morgan fingerprint density at radius 3 is 2.31 bits per heavy atom. The van der Waals surface area contributed by atoms with Gasteiger partial charge in [0, 0.05) is 23.7 Å². The number of benzene rings is 3. The molecular formula is C28H26F3N3O2. The van der Waals surface area contributed by atoms with Crippen LogP contribution in [0.25, 0.3) is 34.0 Å². The normalized spacial score (nSPS) is 11.9. The number of aldehydes is 1. The molecular weight excluding hydrogens is 467 g/mol. The van der Waals surface area contributed by atoms with Crippen LogP contribution in [0.1, 0.15) is 30.5 Å². The van der Waals surface area contributed by atoms with E-state index in [1.807, 2.05) is 43.0 Å². The van der Waals surface area contributed by atoms with E-state index in [4.69, 9.17) is 4.52 Å². The van der Waals surface area contributed by atoms with Crippen LogP contribution in [0, 0.1) is 6.92 Å². The van der Waals surface area contributed by atoms with Crippen LogP contribution in [0.15, 0.2) is 71.3 Å². The third-order valence-corrected chi connectivity index (χ3v) is 6.07. The largest absolute Gasteiger partial charge is 0.417 e. The Kier molecular flexibility index (Phi) is 7.35. The zero-order valence-corrected chi connectivity index (χ0v) is 20.2. The van der Waals surface area contributed by atoms with Gasteiger partial charge >= 0.3 is 6.18 Å². The zero-order valence-electron chi connectivity index (χ0n) is 20.2. The Balaban J connectivity index is 1.61. The maximum Gasteiger partial charge on any atom is 0.417 e. The molecule has 4 rings (SSSR count). The van der Waals surface area contributed by atoms with Gasteiger partial charge in [-0.3, -0.25) is 4.90 Å². The second-order valence-electron chi connectivity index (χ2n) is 8.88. The molecule has 0 aliphatic carbocycles. The molecule has 0 bridgehead atoms. The first-order valence-corrected chi connectivity index (χ1v) is 11.6. The summed E-state index contributed by atoms with van der Waals surface area (Å²) in [6, 6.07) is 18.7. The van der Waals surface area contributed by atoms with E-state index < -0.39 is 11.7 Å². The van der Waals surface area contributed by atoms with Crippen molar-refractivity contribution in [3.63, 3.8) is 0 Å².